The van der Waals surface area contributed by atoms with Gasteiger partial charge in [0.05, 0.1) is 41.6 Å². The van der Waals surface area contributed by atoms with E-state index in [2.05, 4.69) is 39.9 Å². The second-order valence-electron chi connectivity index (χ2n) is 10.7. The summed E-state index contributed by atoms with van der Waals surface area (Å²) in [6.45, 7) is 9.16. The smallest absolute Gasteiger partial charge is 0.338 e. The molecule has 1 aliphatic heterocycles. The summed E-state index contributed by atoms with van der Waals surface area (Å²) in [6.07, 6.45) is 1.49. The fraction of sp³-hybridized carbons (Fsp3) is 0.314. The lowest BCUT2D eigenvalue weighted by Crippen LogP contribution is -2.45. The lowest BCUT2D eigenvalue weighted by Gasteiger charge is -2.28. The number of esters is 1. The van der Waals surface area contributed by atoms with Gasteiger partial charge in [-0.2, -0.15) is 5.10 Å². The Balaban J connectivity index is 1.44. The summed E-state index contributed by atoms with van der Waals surface area (Å²) < 4.78 is 22.6. The highest BCUT2D eigenvalue weighted by molar-refractivity contribution is 6.42. The maximum Gasteiger partial charge on any atom is 0.338 e. The highest BCUT2D eigenvalue weighted by Crippen LogP contribution is 2.35. The zero-order chi connectivity index (χ0) is 35.5. The number of allylic oxidation sites excluding steroid dienone is 1. The van der Waals surface area contributed by atoms with Gasteiger partial charge in [-0.15, -0.1) is 0 Å². The van der Waals surface area contributed by atoms with Crippen molar-refractivity contribution in [3.63, 3.8) is 0 Å². The summed E-state index contributed by atoms with van der Waals surface area (Å²) >= 11 is 12.2. The zero-order valence-corrected chi connectivity index (χ0v) is 29.4. The Morgan fingerprint density at radius 1 is 0.959 bits per heavy atom. The molecule has 0 spiro atoms. The average Bonchev–Trinajstić information content (AvgIpc) is 3.08. The molecule has 3 amide bonds. The van der Waals surface area contributed by atoms with Gasteiger partial charge in [0.25, 0.3) is 5.91 Å². The average molecular weight is 713 g/mol. The summed E-state index contributed by atoms with van der Waals surface area (Å²) in [6, 6.07) is 14.7. The molecule has 3 aromatic carbocycles. The van der Waals surface area contributed by atoms with Crippen LogP contribution in [0.15, 0.2) is 71.0 Å². The van der Waals surface area contributed by atoms with E-state index in [9.17, 15) is 14.4 Å². The van der Waals surface area contributed by atoms with E-state index in [1.807, 2.05) is 24.3 Å². The van der Waals surface area contributed by atoms with Crippen molar-refractivity contribution >= 4 is 53.0 Å². The second-order valence-corrected chi connectivity index (χ2v) is 11.5. The number of hydrazone groups is 1. The van der Waals surface area contributed by atoms with Crippen molar-refractivity contribution in [1.29, 1.82) is 0 Å². The van der Waals surface area contributed by atoms with Crippen LogP contribution in [0.25, 0.3) is 0 Å². The van der Waals surface area contributed by atoms with Crippen molar-refractivity contribution in [2.75, 3.05) is 38.3 Å². The van der Waals surface area contributed by atoms with Gasteiger partial charge >= 0.3 is 12.0 Å². The minimum Gasteiger partial charge on any atom is -0.493 e. The first kappa shape index (κ1) is 36.9. The number of nitrogens with one attached hydrogen (secondary N) is 3. The number of methoxy groups -OCH3 is 1. The van der Waals surface area contributed by atoms with Crippen LogP contribution in [0.2, 0.25) is 10.0 Å². The van der Waals surface area contributed by atoms with E-state index in [0.29, 0.717) is 38.4 Å². The summed E-state index contributed by atoms with van der Waals surface area (Å²) in [5.41, 5.74) is 6.14. The highest BCUT2D eigenvalue weighted by Gasteiger charge is 2.32. The van der Waals surface area contributed by atoms with Crippen LogP contribution in [0.3, 0.4) is 0 Å². The third-order valence-corrected chi connectivity index (χ3v) is 8.28. The first-order valence-corrected chi connectivity index (χ1v) is 16.4. The Kier molecular flexibility index (Phi) is 13.1. The van der Waals surface area contributed by atoms with E-state index in [4.69, 9.17) is 42.1 Å². The molecule has 0 bridgehead atoms. The molecule has 3 aromatic rings. The van der Waals surface area contributed by atoms with Gasteiger partial charge in [0.15, 0.2) is 18.1 Å². The predicted molar refractivity (Wildman–Crippen MR) is 189 cm³/mol. The Labute approximate surface area is 295 Å². The van der Waals surface area contributed by atoms with E-state index < -0.39 is 23.9 Å². The van der Waals surface area contributed by atoms with E-state index in [-0.39, 0.29) is 31.1 Å². The lowest BCUT2D eigenvalue weighted by molar-refractivity contribution is -0.139. The molecule has 1 heterocycles. The van der Waals surface area contributed by atoms with Crippen LogP contribution in [0.4, 0.5) is 10.5 Å². The summed E-state index contributed by atoms with van der Waals surface area (Å²) in [7, 11) is 1.44. The SMILES string of the molecule is CCOC(=O)C1=C(C)NC(=O)N[C@@H]1c1ccc(OCC(=O)N/N=C/c2ccc(N(CC)CC)cc2OCc2ccc(Cl)c(Cl)c2)c(OC)c1. The molecular formula is C35H39Cl2N5O7. The van der Waals surface area contributed by atoms with Crippen LogP contribution >= 0.6 is 23.2 Å². The van der Waals surface area contributed by atoms with Gasteiger partial charge in [0.1, 0.15) is 12.4 Å². The molecule has 12 nitrogen and oxygen atoms in total. The summed E-state index contributed by atoms with van der Waals surface area (Å²) in [4.78, 5) is 39.8. The number of carbonyl (C=O) groups excluding carboxylic acids is 3. The van der Waals surface area contributed by atoms with Crippen molar-refractivity contribution in [2.45, 2.75) is 40.3 Å². The van der Waals surface area contributed by atoms with E-state index >= 15 is 0 Å². The van der Waals surface area contributed by atoms with Crippen molar-refractivity contribution in [3.05, 3.63) is 92.6 Å². The first-order chi connectivity index (χ1) is 23.6. The molecule has 0 fully saturated rings. The maximum atomic E-state index is 12.7. The third kappa shape index (κ3) is 9.58. The van der Waals surface area contributed by atoms with Crippen molar-refractivity contribution in [2.24, 2.45) is 5.10 Å². The van der Waals surface area contributed by atoms with Gasteiger partial charge in [-0.25, -0.2) is 15.0 Å². The number of rotatable bonds is 15. The third-order valence-electron chi connectivity index (χ3n) is 7.54. The van der Waals surface area contributed by atoms with Crippen molar-refractivity contribution < 1.29 is 33.3 Å². The topological polar surface area (TPSA) is 140 Å². The molecule has 4 rings (SSSR count). The molecule has 1 aliphatic rings. The van der Waals surface area contributed by atoms with Crippen LogP contribution in [-0.4, -0.2) is 57.5 Å². The molecule has 3 N–H and O–H groups in total. The predicted octanol–water partition coefficient (Wildman–Crippen LogP) is 6.15. The quantitative estimate of drug-likeness (QED) is 0.0970. The number of halogens is 2. The van der Waals surface area contributed by atoms with Crippen molar-refractivity contribution in [1.82, 2.24) is 16.1 Å². The number of nitrogens with zero attached hydrogens (tertiary/aromatic N) is 2. The van der Waals surface area contributed by atoms with Crippen LogP contribution in [0.1, 0.15) is 50.4 Å². The van der Waals surface area contributed by atoms with Gasteiger partial charge in [0, 0.05) is 36.1 Å². The molecular weight excluding hydrogens is 673 g/mol. The van der Waals surface area contributed by atoms with Crippen LogP contribution < -0.4 is 35.2 Å². The second kappa shape index (κ2) is 17.5. The van der Waals surface area contributed by atoms with Crippen LogP contribution in [0, 0.1) is 0 Å². The summed E-state index contributed by atoms with van der Waals surface area (Å²) in [5.74, 6) is 0.0531. The van der Waals surface area contributed by atoms with Gasteiger partial charge in [-0.05, 0) is 75.2 Å². The number of anilines is 1. The molecule has 0 saturated heterocycles. The minimum atomic E-state index is -0.785. The van der Waals surface area contributed by atoms with Gasteiger partial charge in [-0.3, -0.25) is 4.79 Å². The largest absolute Gasteiger partial charge is 0.493 e. The molecule has 14 heteroatoms. The van der Waals surface area contributed by atoms with Crippen LogP contribution in [0.5, 0.6) is 17.2 Å². The molecule has 0 unspecified atom stereocenters. The number of hydrogen-bond acceptors (Lipinski definition) is 9. The van der Waals surface area contributed by atoms with Crippen molar-refractivity contribution in [3.8, 4) is 17.2 Å². The maximum absolute atomic E-state index is 12.7. The highest BCUT2D eigenvalue weighted by atomic mass is 35.5. The molecule has 0 saturated carbocycles. The molecule has 0 aliphatic carbocycles. The molecule has 49 heavy (non-hydrogen) atoms. The number of benzene rings is 3. The molecule has 0 aromatic heterocycles. The zero-order valence-electron chi connectivity index (χ0n) is 27.9. The van der Waals surface area contributed by atoms with Gasteiger partial charge < -0.3 is 34.5 Å². The van der Waals surface area contributed by atoms with E-state index in [1.165, 1.54) is 13.3 Å². The Morgan fingerprint density at radius 2 is 1.73 bits per heavy atom. The summed E-state index contributed by atoms with van der Waals surface area (Å²) in [5, 5.41) is 10.4. The standard InChI is InChI=1S/C35H39Cl2N5O7/c1-6-42(7-2)25-12-10-24(29(17-25)48-19-22-9-13-26(36)27(37)15-22)18-38-41-31(43)20-49-28-14-11-23(16-30(28)46-5)33-32(34(44)47-8-3)21(4)39-35(45)40-33/h9-18,33H,6-8,19-20H2,1-5H3,(H,41,43)(H2,39,40,45)/b38-18+/t33-/m1/s1. The normalized spacial score (nSPS) is 14.2. The molecule has 1 atom stereocenters. The van der Waals surface area contributed by atoms with E-state index in [0.717, 1.165) is 24.3 Å². The number of carbonyl (C=O) groups is 3. The molecule has 0 radical (unpaired) electrons. The minimum absolute atomic E-state index is 0.177. The lowest BCUT2D eigenvalue weighted by atomic mass is 9.95. The monoisotopic (exact) mass is 711 g/mol. The first-order valence-electron chi connectivity index (χ1n) is 15.6. The fourth-order valence-electron chi connectivity index (χ4n) is 5.09. The number of ether oxygens (including phenoxy) is 4. The van der Waals surface area contributed by atoms with Crippen LogP contribution in [-0.2, 0) is 20.9 Å². The number of urea groups is 1. The number of hydrogen-bond donors (Lipinski definition) is 3. The Bertz CT molecular complexity index is 1740. The van der Waals surface area contributed by atoms with Gasteiger partial charge in [-0.1, -0.05) is 35.3 Å². The fourth-order valence-corrected chi connectivity index (χ4v) is 5.41. The molecule has 260 valence electrons. The van der Waals surface area contributed by atoms with Gasteiger partial charge in [0.2, 0.25) is 0 Å². The number of amides is 3. The Morgan fingerprint density at radius 3 is 2.43 bits per heavy atom. The van der Waals surface area contributed by atoms with E-state index in [1.54, 1.807) is 44.2 Å². The Hall–Kier alpha value is -4.94.